The highest BCUT2D eigenvalue weighted by atomic mass is 16.2. The Kier molecular flexibility index (Phi) is 27.4. The number of fused-ring (bicyclic) bond motifs is 2. The van der Waals surface area contributed by atoms with Gasteiger partial charge in [-0.3, -0.25) is 43.2 Å². The molecule has 18 heteroatoms. The number of likely N-dealkylation sites (N-methyl/N-ethyl adjacent to an activating group) is 2. The summed E-state index contributed by atoms with van der Waals surface area (Å²) in [6.45, 7) is 5.35. The normalized spacial score (nSPS) is 22.4. The van der Waals surface area contributed by atoms with Gasteiger partial charge in [-0.15, -0.1) is 0 Å². The van der Waals surface area contributed by atoms with Crippen LogP contribution in [0.4, 0.5) is 0 Å². The third-order valence-electron chi connectivity index (χ3n) is 18.2. The van der Waals surface area contributed by atoms with Crippen LogP contribution in [0.15, 0.2) is 91.0 Å². The highest BCUT2D eigenvalue weighted by Gasteiger charge is 2.49. The second-order valence-corrected chi connectivity index (χ2v) is 24.0. The Balaban J connectivity index is 0.843. The van der Waals surface area contributed by atoms with Crippen molar-refractivity contribution in [2.45, 2.75) is 210 Å². The van der Waals surface area contributed by atoms with Gasteiger partial charge in [0, 0.05) is 70.1 Å². The SMILES string of the molecule is CC[C@H](NC)C(=O)N[C@@H]1C(=O)N2[C@@H](CC[C@@H]1CCC(=O)CCC#CC#CCCC(=O)NCCCC(=O)[C@@H](NC(=O)[C@@H]1CC[C@@H]3CC[C@H](CCNCc4ccccc4)[C@H](NC(=O)[C@H](CC)NC)C(=O)N31)c1ccccc1)CC[C@H]2C(=O)CCc1ccccc1. The zero-order chi connectivity index (χ0) is 62.8. The molecular weight excluding hydrogens is 1110 g/mol. The minimum absolute atomic E-state index is 0.00711. The Labute approximate surface area is 520 Å². The Hall–Kier alpha value is -7.51. The van der Waals surface area contributed by atoms with Crippen LogP contribution in [0.3, 0.4) is 0 Å². The van der Waals surface area contributed by atoms with Crippen molar-refractivity contribution in [2.24, 2.45) is 11.8 Å². The van der Waals surface area contributed by atoms with Gasteiger partial charge < -0.3 is 47.0 Å². The lowest BCUT2D eigenvalue weighted by atomic mass is 9.87. The molecule has 0 spiro atoms. The first-order valence-electron chi connectivity index (χ1n) is 32.3. The van der Waals surface area contributed by atoms with Crippen molar-refractivity contribution < 1.29 is 43.2 Å². The third-order valence-corrected chi connectivity index (χ3v) is 18.2. The molecule has 7 N–H and O–H groups in total. The summed E-state index contributed by atoms with van der Waals surface area (Å²) in [4.78, 5) is 128. The molecule has 4 aliphatic heterocycles. The van der Waals surface area contributed by atoms with E-state index in [2.05, 4.69) is 73.0 Å². The van der Waals surface area contributed by atoms with Gasteiger partial charge in [-0.25, -0.2) is 0 Å². The number of carbonyl (C=O) groups is 9. The Morgan fingerprint density at radius 2 is 1.09 bits per heavy atom. The van der Waals surface area contributed by atoms with Crippen LogP contribution < -0.4 is 37.2 Å². The number of aryl methyl sites for hydroxylation is 1. The number of hydrogen-bond donors (Lipinski definition) is 7. The molecule has 18 nitrogen and oxygen atoms in total. The number of Topliss-reactive ketones (excluding diaryl/α,β-unsaturated/α-hetero) is 3. The van der Waals surface area contributed by atoms with Crippen LogP contribution in [0.1, 0.15) is 165 Å². The van der Waals surface area contributed by atoms with Crippen LogP contribution >= 0.6 is 0 Å². The smallest absolute Gasteiger partial charge is 0.246 e. The maximum absolute atomic E-state index is 14.8. The van der Waals surface area contributed by atoms with Crippen molar-refractivity contribution in [2.75, 3.05) is 27.2 Å². The van der Waals surface area contributed by atoms with Gasteiger partial charge in [0.25, 0.3) is 0 Å². The number of benzene rings is 3. The van der Waals surface area contributed by atoms with Gasteiger partial charge in [-0.2, -0.15) is 0 Å². The van der Waals surface area contributed by atoms with Crippen molar-refractivity contribution in [3.8, 4) is 23.7 Å². The lowest BCUT2D eigenvalue weighted by molar-refractivity contribution is -0.144. The van der Waals surface area contributed by atoms with Gasteiger partial charge in [0.05, 0.1) is 18.1 Å². The first kappa shape index (κ1) is 68.0. The molecule has 0 aliphatic carbocycles. The molecule has 4 heterocycles. The van der Waals surface area contributed by atoms with Crippen molar-refractivity contribution in [1.82, 2.24) is 47.0 Å². The monoisotopic (exact) mass is 1200 g/mol. The van der Waals surface area contributed by atoms with Crippen LogP contribution in [-0.4, -0.2) is 138 Å². The van der Waals surface area contributed by atoms with E-state index in [1.165, 1.54) is 0 Å². The summed E-state index contributed by atoms with van der Waals surface area (Å²) in [5.41, 5.74) is 2.82. The summed E-state index contributed by atoms with van der Waals surface area (Å²) in [6.07, 6.45) is 9.66. The molecule has 0 bridgehead atoms. The first-order chi connectivity index (χ1) is 42.7. The van der Waals surface area contributed by atoms with Crippen molar-refractivity contribution in [1.29, 1.82) is 0 Å². The van der Waals surface area contributed by atoms with E-state index in [1.54, 1.807) is 48.2 Å². The minimum atomic E-state index is -0.980. The van der Waals surface area contributed by atoms with Crippen LogP contribution in [0, 0.1) is 35.5 Å². The van der Waals surface area contributed by atoms with Gasteiger partial charge in [0.1, 0.15) is 30.0 Å². The van der Waals surface area contributed by atoms with Gasteiger partial charge in [0.15, 0.2) is 11.6 Å². The summed E-state index contributed by atoms with van der Waals surface area (Å²) >= 11 is 0. The second-order valence-electron chi connectivity index (χ2n) is 24.0. The van der Waals surface area contributed by atoms with E-state index in [0.717, 1.165) is 17.5 Å². The molecule has 472 valence electrons. The molecule has 6 amide bonds. The van der Waals surface area contributed by atoms with E-state index in [-0.39, 0.29) is 109 Å². The van der Waals surface area contributed by atoms with E-state index in [1.807, 2.05) is 68.4 Å². The lowest BCUT2D eigenvalue weighted by Crippen LogP contribution is -2.58. The van der Waals surface area contributed by atoms with Gasteiger partial charge in [-0.1, -0.05) is 117 Å². The molecule has 0 radical (unpaired) electrons. The highest BCUT2D eigenvalue weighted by molar-refractivity contribution is 5.97. The lowest BCUT2D eigenvalue weighted by Gasteiger charge is -2.33. The predicted molar refractivity (Wildman–Crippen MR) is 338 cm³/mol. The fourth-order valence-electron chi connectivity index (χ4n) is 13.2. The van der Waals surface area contributed by atoms with Crippen molar-refractivity contribution >= 4 is 52.8 Å². The molecular formula is C70H93N9O9. The predicted octanol–water partition coefficient (Wildman–Crippen LogP) is 6.11. The van der Waals surface area contributed by atoms with E-state index in [0.29, 0.717) is 115 Å². The average Bonchev–Trinajstić information content (AvgIpc) is 2.23. The molecule has 0 saturated carbocycles. The number of carbonyl (C=O) groups excluding carboxylic acids is 9. The summed E-state index contributed by atoms with van der Waals surface area (Å²) in [5.74, 6) is 9.02. The second kappa shape index (κ2) is 35.5. The summed E-state index contributed by atoms with van der Waals surface area (Å²) < 4.78 is 0. The van der Waals surface area contributed by atoms with Crippen LogP contribution in [0.2, 0.25) is 0 Å². The van der Waals surface area contributed by atoms with E-state index < -0.39 is 48.2 Å². The molecule has 4 saturated heterocycles. The van der Waals surface area contributed by atoms with Crippen LogP contribution in [-0.2, 0) is 56.1 Å². The van der Waals surface area contributed by atoms with E-state index >= 15 is 0 Å². The van der Waals surface area contributed by atoms with Crippen molar-refractivity contribution in [3.63, 3.8) is 0 Å². The maximum Gasteiger partial charge on any atom is 0.246 e. The molecule has 0 aromatic heterocycles. The number of rotatable bonds is 32. The number of nitrogens with one attached hydrogen (secondary N) is 7. The zero-order valence-corrected chi connectivity index (χ0v) is 52.1. The topological polar surface area (TPSA) is 244 Å². The van der Waals surface area contributed by atoms with E-state index in [9.17, 15) is 43.2 Å². The van der Waals surface area contributed by atoms with Gasteiger partial charge in [-0.05, 0) is 151 Å². The molecule has 3 aromatic rings. The largest absolute Gasteiger partial charge is 0.356 e. The van der Waals surface area contributed by atoms with Crippen LogP contribution in [0.5, 0.6) is 0 Å². The Morgan fingerprint density at radius 3 is 1.67 bits per heavy atom. The summed E-state index contributed by atoms with van der Waals surface area (Å²) in [5, 5.41) is 21.6. The molecule has 4 fully saturated rings. The van der Waals surface area contributed by atoms with Gasteiger partial charge in [0.2, 0.25) is 35.4 Å². The molecule has 11 atom stereocenters. The fourth-order valence-corrected chi connectivity index (χ4v) is 13.2. The first-order valence-corrected chi connectivity index (χ1v) is 32.3. The summed E-state index contributed by atoms with van der Waals surface area (Å²) in [7, 11) is 3.43. The highest BCUT2D eigenvalue weighted by Crippen LogP contribution is 2.38. The number of ketones is 3. The minimum Gasteiger partial charge on any atom is -0.356 e. The van der Waals surface area contributed by atoms with Crippen LogP contribution in [0.25, 0.3) is 0 Å². The fraction of sp³-hybridized carbons (Fsp3) is 0.557. The standard InChI is InChI=1S/C70H93N9O9/c1-5-56(71-3)66(84)76-64-51(33-36-53-38-41-58(78(53)69(64)87)60(81)43-32-48-23-14-11-15-24-48)35-40-55(80)29-20-9-7-8-10-21-31-62(83)74-45-22-30-61(82)63(50-27-18-13-19-28-50)75-68(86)59-42-39-54-37-34-52(44-46-73-47-49-25-16-12-17-26-49)65(70(88)79(54)59)77-67(85)57(6-2)72-4/h11-19,23-28,51-54,56-59,63-65,71-73H,5-6,20-22,29-47H2,1-4H3,(H,74,83)(H,75,86)(H,76,84)(H,77,85)/t51-,52-,53+,54+,56+,57+,58+,59+,63+,64+,65+/m1/s1. The molecule has 7 rings (SSSR count). The third kappa shape index (κ3) is 19.5. The molecule has 88 heavy (non-hydrogen) atoms. The zero-order valence-electron chi connectivity index (χ0n) is 52.1. The van der Waals surface area contributed by atoms with Crippen molar-refractivity contribution in [3.05, 3.63) is 108 Å². The number of hydrogen-bond acceptors (Lipinski definition) is 12. The Morgan fingerprint density at radius 1 is 0.568 bits per heavy atom. The number of nitrogens with zero attached hydrogens (tertiary/aromatic N) is 2. The molecule has 4 aliphatic rings. The Bertz CT molecular complexity index is 2950. The number of amides is 6. The molecule has 0 unspecified atom stereocenters. The summed E-state index contributed by atoms with van der Waals surface area (Å²) in [6, 6.07) is 23.6. The maximum atomic E-state index is 14.8. The van der Waals surface area contributed by atoms with Gasteiger partial charge >= 0.3 is 0 Å². The quantitative estimate of drug-likeness (QED) is 0.0277. The average molecular weight is 1200 g/mol. The van der Waals surface area contributed by atoms with E-state index in [4.69, 9.17) is 0 Å². The molecule has 3 aromatic carbocycles.